The first kappa shape index (κ1) is 14.9. The van der Waals surface area contributed by atoms with Crippen molar-refractivity contribution in [2.45, 2.75) is 6.92 Å². The number of ether oxygens (including phenoxy) is 2. The van der Waals surface area contributed by atoms with Gasteiger partial charge in [-0.1, -0.05) is 0 Å². The number of carbonyl (C=O) groups is 1. The number of amides is 1. The number of rotatable bonds is 6. The van der Waals surface area contributed by atoms with Gasteiger partial charge in [-0.3, -0.25) is 4.79 Å². The number of nitrogens with zero attached hydrogens (tertiary/aromatic N) is 2. The number of aryl methyl sites for hydroxylation is 1. The van der Waals surface area contributed by atoms with Crippen LogP contribution < -0.4 is 10.1 Å². The monoisotopic (exact) mass is 287 g/mol. The Bertz CT molecular complexity index is 617. The van der Waals surface area contributed by atoms with E-state index in [0.717, 1.165) is 5.56 Å². The van der Waals surface area contributed by atoms with E-state index in [2.05, 4.69) is 15.3 Å². The molecule has 0 bridgehead atoms. The summed E-state index contributed by atoms with van der Waals surface area (Å²) in [6.07, 6.45) is 3.18. The van der Waals surface area contributed by atoms with Gasteiger partial charge in [0.15, 0.2) is 0 Å². The molecule has 0 spiro atoms. The molecule has 0 aliphatic rings. The molecule has 0 aliphatic heterocycles. The Hall–Kier alpha value is -2.47. The van der Waals surface area contributed by atoms with Gasteiger partial charge in [0.1, 0.15) is 12.4 Å². The summed E-state index contributed by atoms with van der Waals surface area (Å²) in [5.41, 5.74) is 1.49. The first-order valence-electron chi connectivity index (χ1n) is 6.51. The number of pyridine rings is 2. The summed E-state index contributed by atoms with van der Waals surface area (Å²) in [6, 6.07) is 6.87. The lowest BCUT2D eigenvalue weighted by Gasteiger charge is -2.07. The van der Waals surface area contributed by atoms with Crippen molar-refractivity contribution in [3.63, 3.8) is 0 Å². The lowest BCUT2D eigenvalue weighted by atomic mass is 10.2. The van der Waals surface area contributed by atoms with Crippen molar-refractivity contribution < 1.29 is 14.3 Å². The number of anilines is 1. The van der Waals surface area contributed by atoms with E-state index in [4.69, 9.17) is 9.47 Å². The van der Waals surface area contributed by atoms with Crippen molar-refractivity contribution in [2.75, 3.05) is 25.6 Å². The normalized spacial score (nSPS) is 10.2. The zero-order valence-corrected chi connectivity index (χ0v) is 12.0. The second-order valence-corrected chi connectivity index (χ2v) is 4.40. The molecule has 0 unspecified atom stereocenters. The predicted molar refractivity (Wildman–Crippen MR) is 78.5 cm³/mol. The van der Waals surface area contributed by atoms with Crippen molar-refractivity contribution in [3.8, 4) is 5.88 Å². The molecule has 6 nitrogen and oxygen atoms in total. The molecule has 2 aromatic heterocycles. The van der Waals surface area contributed by atoms with Crippen molar-refractivity contribution in [1.82, 2.24) is 9.97 Å². The number of carbonyl (C=O) groups excluding carboxylic acids is 1. The summed E-state index contributed by atoms with van der Waals surface area (Å²) >= 11 is 0. The third-order valence-corrected chi connectivity index (χ3v) is 2.69. The quantitative estimate of drug-likeness (QED) is 0.823. The average Bonchev–Trinajstić information content (AvgIpc) is 2.48. The topological polar surface area (TPSA) is 73.3 Å². The van der Waals surface area contributed by atoms with Gasteiger partial charge < -0.3 is 14.8 Å². The van der Waals surface area contributed by atoms with Crippen LogP contribution in [0.2, 0.25) is 0 Å². The molecular weight excluding hydrogens is 270 g/mol. The third-order valence-electron chi connectivity index (χ3n) is 2.69. The summed E-state index contributed by atoms with van der Waals surface area (Å²) < 4.78 is 10.3. The maximum atomic E-state index is 12.1. The Labute approximate surface area is 123 Å². The maximum Gasteiger partial charge on any atom is 0.257 e. The molecule has 0 atom stereocenters. The van der Waals surface area contributed by atoms with Gasteiger partial charge in [0.05, 0.1) is 6.61 Å². The highest BCUT2D eigenvalue weighted by atomic mass is 16.5. The first-order valence-corrected chi connectivity index (χ1v) is 6.51. The molecule has 1 N–H and O–H groups in total. The van der Waals surface area contributed by atoms with E-state index in [1.54, 1.807) is 31.5 Å². The highest BCUT2D eigenvalue weighted by molar-refractivity contribution is 6.03. The van der Waals surface area contributed by atoms with Crippen LogP contribution in [0, 0.1) is 6.92 Å². The standard InChI is InChI=1S/C15H17N3O3/c1-11-3-5-16-13(9-11)18-15(19)12-4-6-17-14(10-12)21-8-7-20-2/h3-6,9-10H,7-8H2,1-2H3,(H,16,18,19). The van der Waals surface area contributed by atoms with E-state index in [1.165, 1.54) is 6.20 Å². The van der Waals surface area contributed by atoms with E-state index in [-0.39, 0.29) is 5.91 Å². The lowest BCUT2D eigenvalue weighted by molar-refractivity contribution is 0.102. The molecule has 0 aromatic carbocycles. The molecule has 2 heterocycles. The van der Waals surface area contributed by atoms with Crippen LogP contribution in [-0.4, -0.2) is 36.2 Å². The van der Waals surface area contributed by atoms with Crippen LogP contribution in [0.1, 0.15) is 15.9 Å². The molecule has 2 aromatic rings. The minimum absolute atomic E-state index is 0.257. The van der Waals surface area contributed by atoms with Crippen molar-refractivity contribution >= 4 is 11.7 Å². The van der Waals surface area contributed by atoms with Gasteiger partial charge in [0.25, 0.3) is 5.91 Å². The minimum Gasteiger partial charge on any atom is -0.475 e. The van der Waals surface area contributed by atoms with Gasteiger partial charge in [0.2, 0.25) is 5.88 Å². The van der Waals surface area contributed by atoms with E-state index in [1.807, 2.05) is 13.0 Å². The largest absolute Gasteiger partial charge is 0.475 e. The Kier molecular flexibility index (Phi) is 5.22. The summed E-state index contributed by atoms with van der Waals surface area (Å²) in [7, 11) is 1.59. The molecule has 21 heavy (non-hydrogen) atoms. The van der Waals surface area contributed by atoms with Crippen LogP contribution in [0.3, 0.4) is 0 Å². The van der Waals surface area contributed by atoms with Gasteiger partial charge in [0, 0.05) is 31.1 Å². The molecule has 0 radical (unpaired) electrons. The zero-order chi connectivity index (χ0) is 15.1. The number of nitrogens with one attached hydrogen (secondary N) is 1. The summed E-state index contributed by atoms with van der Waals surface area (Å²) in [4.78, 5) is 20.3. The van der Waals surface area contributed by atoms with Gasteiger partial charge in [-0.05, 0) is 30.7 Å². The van der Waals surface area contributed by atoms with Crippen LogP contribution in [0.4, 0.5) is 5.82 Å². The number of hydrogen-bond acceptors (Lipinski definition) is 5. The second-order valence-electron chi connectivity index (χ2n) is 4.40. The zero-order valence-electron chi connectivity index (χ0n) is 12.0. The van der Waals surface area contributed by atoms with Crippen LogP contribution in [0.15, 0.2) is 36.7 Å². The fraction of sp³-hybridized carbons (Fsp3) is 0.267. The van der Waals surface area contributed by atoms with Crippen molar-refractivity contribution in [1.29, 1.82) is 0 Å². The molecule has 0 aliphatic carbocycles. The van der Waals surface area contributed by atoms with Crippen LogP contribution in [-0.2, 0) is 4.74 Å². The Morgan fingerprint density at radius 3 is 2.76 bits per heavy atom. The Morgan fingerprint density at radius 1 is 1.19 bits per heavy atom. The van der Waals surface area contributed by atoms with Gasteiger partial charge in [-0.25, -0.2) is 9.97 Å². The van der Waals surface area contributed by atoms with Crippen LogP contribution in [0.25, 0.3) is 0 Å². The molecule has 2 rings (SSSR count). The van der Waals surface area contributed by atoms with E-state index in [0.29, 0.717) is 30.5 Å². The summed E-state index contributed by atoms with van der Waals surface area (Å²) in [5.74, 6) is 0.641. The SMILES string of the molecule is COCCOc1cc(C(=O)Nc2cc(C)ccn2)ccn1. The highest BCUT2D eigenvalue weighted by Crippen LogP contribution is 2.12. The Morgan fingerprint density at radius 2 is 2.00 bits per heavy atom. The number of methoxy groups -OCH3 is 1. The lowest BCUT2D eigenvalue weighted by Crippen LogP contribution is -2.13. The molecule has 1 amide bonds. The van der Waals surface area contributed by atoms with Gasteiger partial charge in [-0.15, -0.1) is 0 Å². The molecule has 6 heteroatoms. The summed E-state index contributed by atoms with van der Waals surface area (Å²) in [5, 5.41) is 2.74. The molecule has 110 valence electrons. The fourth-order valence-corrected chi connectivity index (χ4v) is 1.65. The van der Waals surface area contributed by atoms with Crippen molar-refractivity contribution in [2.24, 2.45) is 0 Å². The number of aromatic nitrogens is 2. The molecular formula is C15H17N3O3. The van der Waals surface area contributed by atoms with Gasteiger partial charge >= 0.3 is 0 Å². The van der Waals surface area contributed by atoms with Crippen LogP contribution >= 0.6 is 0 Å². The Balaban J connectivity index is 2.03. The van der Waals surface area contributed by atoms with Crippen LogP contribution in [0.5, 0.6) is 5.88 Å². The third kappa shape index (κ3) is 4.54. The van der Waals surface area contributed by atoms with Crippen molar-refractivity contribution in [3.05, 3.63) is 47.8 Å². The molecule has 0 saturated heterocycles. The molecule has 0 fully saturated rings. The van der Waals surface area contributed by atoms with E-state index < -0.39 is 0 Å². The smallest absolute Gasteiger partial charge is 0.257 e. The average molecular weight is 287 g/mol. The van der Waals surface area contributed by atoms with Gasteiger partial charge in [-0.2, -0.15) is 0 Å². The highest BCUT2D eigenvalue weighted by Gasteiger charge is 2.08. The number of hydrogen-bond donors (Lipinski definition) is 1. The predicted octanol–water partition coefficient (Wildman–Crippen LogP) is 2.06. The fourth-order valence-electron chi connectivity index (χ4n) is 1.65. The minimum atomic E-state index is -0.257. The summed E-state index contributed by atoms with van der Waals surface area (Å²) in [6.45, 7) is 2.78. The van der Waals surface area contributed by atoms with E-state index in [9.17, 15) is 4.79 Å². The molecule has 0 saturated carbocycles. The first-order chi connectivity index (χ1) is 10.2. The second kappa shape index (κ2) is 7.35. The maximum absolute atomic E-state index is 12.1. The van der Waals surface area contributed by atoms with E-state index >= 15 is 0 Å².